The molecule has 2 aromatic heterocycles. The van der Waals surface area contributed by atoms with Crippen LogP contribution in [0.15, 0.2) is 67.3 Å². The SMILES string of the molecule is C=C(O)C(CO)N(C)CC(C)(C/C=C\C(C)(N)c1ncnc2c1c(CCCNC)cn2C(=O)c1ccccc1)COC.C=O. The van der Waals surface area contributed by atoms with Gasteiger partial charge in [-0.05, 0) is 64.5 Å². The molecule has 0 saturated heterocycles. The van der Waals surface area contributed by atoms with Crippen molar-refractivity contribution in [3.63, 3.8) is 0 Å². The Balaban J connectivity index is 0.00000330. The second-order valence-electron chi connectivity index (χ2n) is 11.6. The Morgan fingerprint density at radius 1 is 1.25 bits per heavy atom. The summed E-state index contributed by atoms with van der Waals surface area (Å²) in [6.45, 7) is 11.2. The molecular weight excluding hydrogens is 560 g/mol. The molecule has 5 N–H and O–H groups in total. The normalized spacial score (nSPS) is 15.0. The number of hydrogen-bond donors (Lipinski definition) is 4. The first kappa shape index (κ1) is 36.5. The summed E-state index contributed by atoms with van der Waals surface area (Å²) in [4.78, 5) is 32.5. The van der Waals surface area contributed by atoms with Crippen LogP contribution in [0.2, 0.25) is 0 Å². The highest BCUT2D eigenvalue weighted by atomic mass is 16.5. The number of aliphatic hydroxyl groups is 2. The fraction of sp³-hybridized carbons (Fsp3) is 0.455. The van der Waals surface area contributed by atoms with E-state index in [4.69, 9.17) is 15.3 Å². The molecule has 0 aliphatic carbocycles. The second-order valence-corrected chi connectivity index (χ2v) is 11.6. The molecule has 0 aliphatic heterocycles. The van der Waals surface area contributed by atoms with Gasteiger partial charge in [0.05, 0.1) is 30.5 Å². The van der Waals surface area contributed by atoms with Crippen molar-refractivity contribution in [2.24, 2.45) is 11.1 Å². The van der Waals surface area contributed by atoms with Gasteiger partial charge in [0.15, 0.2) is 5.65 Å². The number of carbonyl (C=O) groups excluding carboxylic acids is 2. The zero-order valence-electron chi connectivity index (χ0n) is 26.6. The molecule has 0 bridgehead atoms. The van der Waals surface area contributed by atoms with Crippen LogP contribution < -0.4 is 11.1 Å². The number of nitrogens with two attached hydrogens (primary N) is 1. The molecule has 0 saturated carbocycles. The van der Waals surface area contributed by atoms with Gasteiger partial charge in [0.25, 0.3) is 5.91 Å². The summed E-state index contributed by atoms with van der Waals surface area (Å²) >= 11 is 0. The zero-order valence-corrected chi connectivity index (χ0v) is 26.6. The molecule has 3 unspecified atom stereocenters. The third-order valence-corrected chi connectivity index (χ3v) is 7.57. The van der Waals surface area contributed by atoms with Crippen LogP contribution in [0.5, 0.6) is 0 Å². The highest BCUT2D eigenvalue weighted by molar-refractivity contribution is 6.02. The van der Waals surface area contributed by atoms with Crippen LogP contribution in [0.1, 0.15) is 48.3 Å². The van der Waals surface area contributed by atoms with Crippen molar-refractivity contribution in [3.05, 3.63) is 84.2 Å². The molecule has 1 aromatic carbocycles. The van der Waals surface area contributed by atoms with Crippen LogP contribution in [0.4, 0.5) is 0 Å². The predicted molar refractivity (Wildman–Crippen MR) is 174 cm³/mol. The summed E-state index contributed by atoms with van der Waals surface area (Å²) in [6.07, 6.45) is 9.51. The maximum absolute atomic E-state index is 13.5. The molecule has 240 valence electrons. The summed E-state index contributed by atoms with van der Waals surface area (Å²) < 4.78 is 7.13. The van der Waals surface area contributed by atoms with Gasteiger partial charge >= 0.3 is 0 Å². The lowest BCUT2D eigenvalue weighted by Gasteiger charge is -2.36. The Labute approximate surface area is 260 Å². The van der Waals surface area contributed by atoms with E-state index in [1.54, 1.807) is 23.8 Å². The molecule has 3 aromatic rings. The van der Waals surface area contributed by atoms with Gasteiger partial charge in [-0.1, -0.05) is 43.9 Å². The number of nitrogens with one attached hydrogen (secondary N) is 1. The van der Waals surface area contributed by atoms with Gasteiger partial charge in [0, 0.05) is 36.2 Å². The number of likely N-dealkylation sites (N-methyl/N-ethyl adjacent to an activating group) is 1. The van der Waals surface area contributed by atoms with E-state index in [0.29, 0.717) is 36.5 Å². The molecule has 44 heavy (non-hydrogen) atoms. The lowest BCUT2D eigenvalue weighted by Crippen LogP contribution is -2.44. The van der Waals surface area contributed by atoms with Crippen molar-refractivity contribution in [1.82, 2.24) is 24.8 Å². The first-order chi connectivity index (χ1) is 21.0. The van der Waals surface area contributed by atoms with Gasteiger partial charge in [-0.25, -0.2) is 9.97 Å². The largest absolute Gasteiger partial charge is 0.511 e. The van der Waals surface area contributed by atoms with E-state index in [1.807, 2.05) is 69.3 Å². The van der Waals surface area contributed by atoms with E-state index in [-0.39, 0.29) is 23.7 Å². The van der Waals surface area contributed by atoms with Crippen molar-refractivity contribution in [2.75, 3.05) is 47.5 Å². The number of aliphatic hydroxyl groups excluding tert-OH is 2. The Bertz CT molecular complexity index is 1390. The summed E-state index contributed by atoms with van der Waals surface area (Å²) in [7, 11) is 5.40. The van der Waals surface area contributed by atoms with Crippen molar-refractivity contribution in [2.45, 2.75) is 44.7 Å². The van der Waals surface area contributed by atoms with Crippen LogP contribution in [0.25, 0.3) is 11.0 Å². The quantitative estimate of drug-likeness (QED) is 0.108. The second kappa shape index (κ2) is 16.9. The third kappa shape index (κ3) is 9.13. The molecule has 0 aliphatic rings. The van der Waals surface area contributed by atoms with Gasteiger partial charge in [0.2, 0.25) is 0 Å². The van der Waals surface area contributed by atoms with Crippen LogP contribution in [-0.2, 0) is 21.5 Å². The molecule has 0 fully saturated rings. The molecule has 3 rings (SSSR count). The summed E-state index contributed by atoms with van der Waals surface area (Å²) in [5.74, 6) is -0.244. The van der Waals surface area contributed by atoms with E-state index >= 15 is 0 Å². The number of hydrogen-bond acceptors (Lipinski definition) is 10. The number of carbonyl (C=O) groups is 2. The lowest BCUT2D eigenvalue weighted by molar-refractivity contribution is -0.0980. The topological polar surface area (TPSA) is 156 Å². The van der Waals surface area contributed by atoms with E-state index in [1.165, 1.54) is 6.33 Å². The summed E-state index contributed by atoms with van der Waals surface area (Å²) in [6, 6.07) is 8.58. The van der Waals surface area contributed by atoms with Crippen molar-refractivity contribution in [3.8, 4) is 0 Å². The number of nitrogens with zero attached hydrogens (tertiary/aromatic N) is 4. The number of ether oxygens (including phenoxy) is 1. The fourth-order valence-corrected chi connectivity index (χ4v) is 5.46. The first-order valence-corrected chi connectivity index (χ1v) is 14.5. The van der Waals surface area contributed by atoms with Crippen LogP contribution in [-0.4, -0.2) is 95.9 Å². The average molecular weight is 609 g/mol. The zero-order chi connectivity index (χ0) is 32.9. The maximum Gasteiger partial charge on any atom is 0.263 e. The minimum Gasteiger partial charge on any atom is -0.511 e. The molecule has 11 heteroatoms. The first-order valence-electron chi connectivity index (χ1n) is 14.5. The van der Waals surface area contributed by atoms with Gasteiger partial charge in [0.1, 0.15) is 18.9 Å². The predicted octanol–water partition coefficient (Wildman–Crippen LogP) is 3.22. The number of aryl methyl sites for hydroxylation is 1. The molecule has 0 amide bonds. The van der Waals surface area contributed by atoms with Crippen molar-refractivity contribution < 1.29 is 24.5 Å². The van der Waals surface area contributed by atoms with Gasteiger partial charge in [-0.2, -0.15) is 0 Å². The maximum atomic E-state index is 13.5. The van der Waals surface area contributed by atoms with Gasteiger partial charge in [-0.15, -0.1) is 0 Å². The monoisotopic (exact) mass is 608 g/mol. The number of benzene rings is 1. The average Bonchev–Trinajstić information content (AvgIpc) is 3.37. The number of rotatable bonds is 16. The molecule has 3 atom stereocenters. The Kier molecular flexibility index (Phi) is 14.0. The summed E-state index contributed by atoms with van der Waals surface area (Å²) in [5.41, 5.74) is 8.34. The standard InChI is InChI=1S/C32H46N6O4.CH2O/c1-23(40)26(19-39)37(5)20-31(2,21-42-6)15-11-16-32(3,33)28-27-25(14-10-17-34-4)18-38(29(27)36-22-35-28)30(41)24-12-8-7-9-13-24;1-2/h7-9,11-13,16,18,22,26,34,39-40H,1,10,14-15,17,19-21,33H2,2-6H3;1H2/b16-11-;. The molecule has 0 radical (unpaired) electrons. The van der Waals surface area contributed by atoms with E-state index in [2.05, 4.69) is 28.8 Å². The van der Waals surface area contributed by atoms with Crippen molar-refractivity contribution in [1.29, 1.82) is 0 Å². The van der Waals surface area contributed by atoms with E-state index < -0.39 is 11.6 Å². The molecule has 0 spiro atoms. The summed E-state index contributed by atoms with van der Waals surface area (Å²) in [5, 5.41) is 23.6. The van der Waals surface area contributed by atoms with E-state index in [9.17, 15) is 15.0 Å². The highest BCUT2D eigenvalue weighted by Gasteiger charge is 2.31. The molecule has 2 heterocycles. The Morgan fingerprint density at radius 3 is 2.52 bits per heavy atom. The Morgan fingerprint density at radius 2 is 1.93 bits per heavy atom. The third-order valence-electron chi connectivity index (χ3n) is 7.57. The minimum atomic E-state index is -0.964. The van der Waals surface area contributed by atoms with Crippen LogP contribution >= 0.6 is 0 Å². The van der Waals surface area contributed by atoms with E-state index in [0.717, 1.165) is 30.3 Å². The van der Waals surface area contributed by atoms with Crippen LogP contribution in [0, 0.1) is 5.41 Å². The lowest BCUT2D eigenvalue weighted by atomic mass is 9.85. The fourth-order valence-electron chi connectivity index (χ4n) is 5.46. The van der Waals surface area contributed by atoms with Gasteiger partial charge < -0.3 is 30.8 Å². The molecular formula is C33H48N6O5. The molecule has 11 nitrogen and oxygen atoms in total. The number of methoxy groups -OCH3 is 1. The number of fused-ring (bicyclic) bond motifs is 1. The van der Waals surface area contributed by atoms with Gasteiger partial charge in [-0.3, -0.25) is 14.3 Å². The van der Waals surface area contributed by atoms with Crippen LogP contribution in [0.3, 0.4) is 0 Å². The number of aromatic nitrogens is 3. The Hall–Kier alpha value is -3.74. The highest BCUT2D eigenvalue weighted by Crippen LogP contribution is 2.32. The minimum absolute atomic E-state index is 0.0826. The number of allylic oxidation sites excluding steroid dienone is 1. The smallest absolute Gasteiger partial charge is 0.263 e. The van der Waals surface area contributed by atoms with Crippen molar-refractivity contribution >= 4 is 23.7 Å².